The van der Waals surface area contributed by atoms with Gasteiger partial charge in [-0.25, -0.2) is 0 Å². The van der Waals surface area contributed by atoms with Gasteiger partial charge < -0.3 is 0 Å². The summed E-state index contributed by atoms with van der Waals surface area (Å²) in [6.45, 7) is 11.9. The maximum atomic E-state index is 2.43. The van der Waals surface area contributed by atoms with Gasteiger partial charge in [0.2, 0.25) is 0 Å². The van der Waals surface area contributed by atoms with E-state index in [2.05, 4.69) is 51.6 Å². The quantitative estimate of drug-likeness (QED) is 0.484. The Morgan fingerprint density at radius 3 is 1.56 bits per heavy atom. The van der Waals surface area contributed by atoms with Crippen LogP contribution in [0, 0.1) is 5.41 Å². The molecule has 0 amide bonds. The first-order valence-corrected chi connectivity index (χ1v) is 6.83. The predicted molar refractivity (Wildman–Crippen MR) is 47.8 cm³/mol. The molecule has 50 valence electrons. The third-order valence-corrected chi connectivity index (χ3v) is 5.37. The van der Waals surface area contributed by atoms with Crippen molar-refractivity contribution in [2.24, 2.45) is 5.41 Å². The molecule has 1 unspecified atom stereocenters. The molecule has 0 aliphatic heterocycles. The van der Waals surface area contributed by atoms with Gasteiger partial charge in [-0.15, -0.1) is 0 Å². The minimum absolute atomic E-state index is 0.390. The molecule has 0 fully saturated rings. The van der Waals surface area contributed by atoms with Crippen molar-refractivity contribution in [2.75, 3.05) is 0 Å². The second-order valence-corrected chi connectivity index (χ2v) is 7.89. The van der Waals surface area contributed by atoms with Crippen LogP contribution in [-0.4, -0.2) is 26.5 Å². The summed E-state index contributed by atoms with van der Waals surface area (Å²) in [5, 5.41) is 0. The standard InChI is InChI=1S/C7H17Si.Li/c1-7(2,3)6-8(4)5;/h6,8H,1-5H3;. The normalized spacial score (nSPS) is 16.4. The average Bonchev–Trinajstić information content (AvgIpc) is 1.62. The van der Waals surface area contributed by atoms with E-state index in [4.69, 9.17) is 0 Å². The van der Waals surface area contributed by atoms with Crippen molar-refractivity contribution < 1.29 is 0 Å². The van der Waals surface area contributed by atoms with Gasteiger partial charge in [-0.05, 0) is 0 Å². The average molecular weight is 136 g/mol. The summed E-state index contributed by atoms with van der Waals surface area (Å²) < 4.78 is 0.956. The van der Waals surface area contributed by atoms with Gasteiger partial charge in [0.25, 0.3) is 0 Å². The Balaban J connectivity index is 3.88. The molecule has 0 bridgehead atoms. The van der Waals surface area contributed by atoms with Crippen LogP contribution in [0.5, 0.6) is 0 Å². The van der Waals surface area contributed by atoms with Gasteiger partial charge in [0.15, 0.2) is 0 Å². The predicted octanol–water partition coefficient (Wildman–Crippen LogP) is 2.02. The Morgan fingerprint density at radius 2 is 1.56 bits per heavy atom. The van der Waals surface area contributed by atoms with E-state index in [1.807, 2.05) is 0 Å². The molecule has 0 aliphatic carbocycles. The molecule has 0 rings (SSSR count). The summed E-state index contributed by atoms with van der Waals surface area (Å²) in [6.07, 6.45) is 0. The molecule has 0 aliphatic rings. The molecule has 9 heavy (non-hydrogen) atoms. The van der Waals surface area contributed by atoms with Crippen molar-refractivity contribution in [1.29, 1.82) is 0 Å². The van der Waals surface area contributed by atoms with E-state index < -0.39 is 0 Å². The van der Waals surface area contributed by atoms with Gasteiger partial charge in [-0.2, -0.15) is 0 Å². The first kappa shape index (κ1) is 9.81. The van der Waals surface area contributed by atoms with E-state index in [0.29, 0.717) is 5.41 Å². The van der Waals surface area contributed by atoms with Crippen molar-refractivity contribution in [3.05, 3.63) is 0 Å². The van der Waals surface area contributed by atoms with Crippen LogP contribution in [0.1, 0.15) is 20.8 Å². The van der Waals surface area contributed by atoms with Gasteiger partial charge in [0, 0.05) is 0 Å². The van der Waals surface area contributed by atoms with E-state index in [1.54, 1.807) is 0 Å². The van der Waals surface area contributed by atoms with Crippen molar-refractivity contribution in [1.82, 2.24) is 0 Å². The van der Waals surface area contributed by atoms with Crippen LogP contribution in [0.4, 0.5) is 0 Å². The molecule has 0 aromatic rings. The Labute approximate surface area is 70.2 Å². The van der Waals surface area contributed by atoms with E-state index in [9.17, 15) is 0 Å². The Kier molecular flexibility index (Phi) is 3.57. The number of rotatable bonds is 1. The van der Waals surface area contributed by atoms with E-state index in [0.717, 1.165) is 4.21 Å². The molecule has 0 spiro atoms. The van der Waals surface area contributed by atoms with Gasteiger partial charge >= 0.3 is 70.0 Å². The van der Waals surface area contributed by atoms with Crippen molar-refractivity contribution in [3.63, 3.8) is 0 Å². The van der Waals surface area contributed by atoms with Gasteiger partial charge in [0.1, 0.15) is 0 Å². The molecule has 0 radical (unpaired) electrons. The number of hydrogen-bond donors (Lipinski definition) is 0. The summed E-state index contributed by atoms with van der Waals surface area (Å²) in [5.41, 5.74) is 0.542. The molecule has 1 atom stereocenters. The first-order chi connectivity index (χ1) is 3.85. The first-order valence-electron chi connectivity index (χ1n) is 3.85. The van der Waals surface area contributed by atoms with E-state index in [1.165, 1.54) is 0 Å². The van der Waals surface area contributed by atoms with Crippen LogP contribution in [0.25, 0.3) is 0 Å². The van der Waals surface area contributed by atoms with E-state index >= 15 is 0 Å². The van der Waals surface area contributed by atoms with Crippen molar-refractivity contribution >= 4 is 26.5 Å². The minimum atomic E-state index is -0.390. The zero-order valence-corrected chi connectivity index (χ0v) is 8.81. The van der Waals surface area contributed by atoms with E-state index in [-0.39, 0.29) is 8.80 Å². The summed E-state index contributed by atoms with van der Waals surface area (Å²) in [5.74, 6) is 0. The molecular weight excluding hydrogens is 119 g/mol. The zero-order valence-electron chi connectivity index (χ0n) is 7.65. The molecule has 2 heteroatoms. The molecular formula is C7H17LiSi. The Morgan fingerprint density at radius 1 is 1.22 bits per heavy atom. The molecule has 0 aromatic heterocycles. The fraction of sp³-hybridized carbons (Fsp3) is 1.00. The fourth-order valence-electron chi connectivity index (χ4n) is 1.00. The summed E-state index contributed by atoms with van der Waals surface area (Å²) >= 11 is 2.39. The zero-order chi connectivity index (χ0) is 7.65. The monoisotopic (exact) mass is 136 g/mol. The summed E-state index contributed by atoms with van der Waals surface area (Å²) in [6, 6.07) is 0. The topological polar surface area (TPSA) is 0 Å². The second kappa shape index (κ2) is 3.28. The van der Waals surface area contributed by atoms with Crippen molar-refractivity contribution in [3.8, 4) is 0 Å². The number of hydrogen-bond acceptors (Lipinski definition) is 0. The van der Waals surface area contributed by atoms with Crippen LogP contribution in [0.2, 0.25) is 17.3 Å². The molecule has 0 aromatic carbocycles. The second-order valence-electron chi connectivity index (χ2n) is 4.40. The molecule has 0 saturated heterocycles. The summed E-state index contributed by atoms with van der Waals surface area (Å²) in [4.78, 5) is 0. The van der Waals surface area contributed by atoms with Gasteiger partial charge in [-0.3, -0.25) is 0 Å². The van der Waals surface area contributed by atoms with Crippen LogP contribution in [-0.2, 0) is 0 Å². The maximum absolute atomic E-state index is 2.43. The van der Waals surface area contributed by atoms with Crippen LogP contribution in [0.15, 0.2) is 0 Å². The molecule has 0 heterocycles. The van der Waals surface area contributed by atoms with Crippen LogP contribution >= 0.6 is 0 Å². The van der Waals surface area contributed by atoms with Crippen LogP contribution < -0.4 is 0 Å². The third-order valence-electron chi connectivity index (χ3n) is 2.37. The molecule has 0 N–H and O–H groups in total. The Hall–Kier alpha value is 0.814. The van der Waals surface area contributed by atoms with Gasteiger partial charge in [0.05, 0.1) is 0 Å². The Bertz CT molecular complexity index is 83.4. The SMILES string of the molecule is [Li][CH]([SiH](C)C)C(C)(C)C. The molecule has 0 saturated carbocycles. The van der Waals surface area contributed by atoms with Gasteiger partial charge in [-0.1, -0.05) is 0 Å². The van der Waals surface area contributed by atoms with Crippen molar-refractivity contribution in [2.45, 2.75) is 38.1 Å². The third kappa shape index (κ3) is 3.50. The van der Waals surface area contributed by atoms with Crippen LogP contribution in [0.3, 0.4) is 0 Å². The fourth-order valence-corrected chi connectivity index (χ4v) is 3.00. The molecule has 0 nitrogen and oxygen atoms in total. The summed E-state index contributed by atoms with van der Waals surface area (Å²) in [7, 11) is -0.390.